The van der Waals surface area contributed by atoms with E-state index in [9.17, 15) is 0 Å². The fraction of sp³-hybridized carbons (Fsp3) is 0.929. The second kappa shape index (κ2) is 7.62. The molecule has 0 radical (unpaired) electrons. The molecule has 18 heavy (non-hydrogen) atoms. The summed E-state index contributed by atoms with van der Waals surface area (Å²) in [6.07, 6.45) is 1.27. The molecular weight excluding hydrogens is 224 g/mol. The van der Waals surface area contributed by atoms with Crippen molar-refractivity contribution in [3.63, 3.8) is 0 Å². The van der Waals surface area contributed by atoms with Gasteiger partial charge in [-0.05, 0) is 39.3 Å². The Bertz CT molecular complexity index is 261. The summed E-state index contributed by atoms with van der Waals surface area (Å²) in [5.41, 5.74) is 0. The molecule has 1 saturated carbocycles. The lowest BCUT2D eigenvalue weighted by atomic mass is 10.3. The number of nitrogens with one attached hydrogen (secondary N) is 2. The summed E-state index contributed by atoms with van der Waals surface area (Å²) >= 11 is 0. The minimum absolute atomic E-state index is 0.507. The molecule has 0 aromatic rings. The van der Waals surface area contributed by atoms with Gasteiger partial charge in [0, 0.05) is 18.6 Å². The van der Waals surface area contributed by atoms with Crippen LogP contribution in [0.4, 0.5) is 0 Å². The zero-order chi connectivity index (χ0) is 13.5. The highest BCUT2D eigenvalue weighted by Crippen LogP contribution is 2.28. The van der Waals surface area contributed by atoms with Crippen molar-refractivity contribution in [2.75, 3.05) is 26.2 Å². The van der Waals surface area contributed by atoms with Crippen LogP contribution in [-0.4, -0.2) is 49.1 Å². The Morgan fingerprint density at radius 2 is 1.94 bits per heavy atom. The van der Waals surface area contributed by atoms with Crippen molar-refractivity contribution >= 4 is 5.96 Å². The molecule has 0 aliphatic heterocycles. The second-order valence-corrected chi connectivity index (χ2v) is 5.25. The second-order valence-electron chi connectivity index (χ2n) is 5.25. The van der Waals surface area contributed by atoms with E-state index in [4.69, 9.17) is 4.99 Å². The van der Waals surface area contributed by atoms with E-state index in [0.29, 0.717) is 12.1 Å². The molecule has 3 unspecified atom stereocenters. The van der Waals surface area contributed by atoms with Gasteiger partial charge in [-0.1, -0.05) is 20.8 Å². The van der Waals surface area contributed by atoms with Crippen LogP contribution in [0.5, 0.6) is 0 Å². The Morgan fingerprint density at radius 3 is 2.39 bits per heavy atom. The molecule has 106 valence electrons. The maximum absolute atomic E-state index is 4.70. The normalized spacial score (nSPS) is 25.1. The van der Waals surface area contributed by atoms with Gasteiger partial charge in [-0.3, -0.25) is 9.89 Å². The van der Waals surface area contributed by atoms with Crippen LogP contribution in [0.25, 0.3) is 0 Å². The van der Waals surface area contributed by atoms with Gasteiger partial charge in [-0.15, -0.1) is 0 Å². The van der Waals surface area contributed by atoms with Gasteiger partial charge in [0.05, 0.1) is 6.54 Å². The lowest BCUT2D eigenvalue weighted by Crippen LogP contribution is -2.41. The summed E-state index contributed by atoms with van der Waals surface area (Å²) in [5.74, 6) is 1.78. The summed E-state index contributed by atoms with van der Waals surface area (Å²) in [7, 11) is 0. The molecule has 3 atom stereocenters. The number of aliphatic imine (C=N–C) groups is 1. The minimum atomic E-state index is 0.507. The topological polar surface area (TPSA) is 39.7 Å². The largest absolute Gasteiger partial charge is 0.357 e. The first kappa shape index (κ1) is 15.3. The first-order valence-electron chi connectivity index (χ1n) is 7.41. The third-order valence-corrected chi connectivity index (χ3v) is 3.73. The molecule has 0 spiro atoms. The monoisotopic (exact) mass is 254 g/mol. The van der Waals surface area contributed by atoms with Gasteiger partial charge in [0.15, 0.2) is 5.96 Å². The van der Waals surface area contributed by atoms with E-state index >= 15 is 0 Å². The molecule has 0 aromatic carbocycles. The number of hydrogen-bond acceptors (Lipinski definition) is 2. The van der Waals surface area contributed by atoms with Crippen molar-refractivity contribution < 1.29 is 0 Å². The fourth-order valence-corrected chi connectivity index (χ4v) is 2.20. The molecule has 0 saturated heterocycles. The van der Waals surface area contributed by atoms with Crippen LogP contribution in [0, 0.1) is 5.92 Å². The van der Waals surface area contributed by atoms with E-state index in [-0.39, 0.29) is 0 Å². The molecule has 0 aromatic heterocycles. The van der Waals surface area contributed by atoms with E-state index in [1.54, 1.807) is 0 Å². The summed E-state index contributed by atoms with van der Waals surface area (Å²) in [6, 6.07) is 1.14. The highest BCUT2D eigenvalue weighted by molar-refractivity contribution is 5.80. The van der Waals surface area contributed by atoms with Gasteiger partial charge in [-0.25, -0.2) is 0 Å². The van der Waals surface area contributed by atoms with Crippen LogP contribution in [0.2, 0.25) is 0 Å². The van der Waals surface area contributed by atoms with Gasteiger partial charge >= 0.3 is 0 Å². The molecule has 1 aliphatic carbocycles. The Hall–Kier alpha value is -0.770. The Balaban J connectivity index is 2.43. The van der Waals surface area contributed by atoms with E-state index in [1.165, 1.54) is 6.42 Å². The third-order valence-electron chi connectivity index (χ3n) is 3.73. The molecule has 0 amide bonds. The first-order chi connectivity index (χ1) is 8.62. The van der Waals surface area contributed by atoms with Crippen LogP contribution in [0.15, 0.2) is 4.99 Å². The van der Waals surface area contributed by atoms with E-state index < -0.39 is 0 Å². The van der Waals surface area contributed by atoms with Gasteiger partial charge in [-0.2, -0.15) is 0 Å². The van der Waals surface area contributed by atoms with Crippen LogP contribution in [-0.2, 0) is 0 Å². The van der Waals surface area contributed by atoms with Crippen molar-refractivity contribution in [3.8, 4) is 0 Å². The van der Waals surface area contributed by atoms with E-state index in [0.717, 1.165) is 38.1 Å². The number of nitrogens with zero attached hydrogens (tertiary/aromatic N) is 2. The lowest BCUT2D eigenvalue weighted by molar-refractivity contribution is 0.237. The van der Waals surface area contributed by atoms with Crippen LogP contribution in [0.3, 0.4) is 0 Å². The van der Waals surface area contributed by atoms with Gasteiger partial charge in [0.2, 0.25) is 0 Å². The third kappa shape index (κ3) is 4.84. The molecule has 4 heteroatoms. The highest BCUT2D eigenvalue weighted by Gasteiger charge is 2.33. The van der Waals surface area contributed by atoms with Crippen LogP contribution in [0.1, 0.15) is 41.0 Å². The maximum Gasteiger partial charge on any atom is 0.191 e. The molecule has 2 N–H and O–H groups in total. The Labute approximate surface area is 112 Å². The molecule has 0 bridgehead atoms. The smallest absolute Gasteiger partial charge is 0.191 e. The summed E-state index contributed by atoms with van der Waals surface area (Å²) in [6.45, 7) is 15.0. The number of likely N-dealkylation sites (N-methyl/N-ethyl adjacent to an activating group) is 1. The van der Waals surface area contributed by atoms with Crippen LogP contribution < -0.4 is 10.6 Å². The minimum Gasteiger partial charge on any atom is -0.357 e. The zero-order valence-electron chi connectivity index (χ0n) is 12.7. The quantitative estimate of drug-likeness (QED) is 0.536. The highest BCUT2D eigenvalue weighted by atomic mass is 15.2. The van der Waals surface area contributed by atoms with Crippen molar-refractivity contribution in [3.05, 3.63) is 0 Å². The molecule has 4 nitrogen and oxygen atoms in total. The SMILES string of the molecule is CCNC(=NCC(C)N(CC)CC)NC1CC1C. The Morgan fingerprint density at radius 1 is 1.33 bits per heavy atom. The molecule has 1 aliphatic rings. The summed E-state index contributed by atoms with van der Waals surface area (Å²) < 4.78 is 0. The first-order valence-corrected chi connectivity index (χ1v) is 7.41. The van der Waals surface area contributed by atoms with Gasteiger partial charge < -0.3 is 10.6 Å². The van der Waals surface area contributed by atoms with Crippen LogP contribution >= 0.6 is 0 Å². The molecule has 1 rings (SSSR count). The van der Waals surface area contributed by atoms with Crippen molar-refractivity contribution in [2.24, 2.45) is 10.9 Å². The average Bonchev–Trinajstić information content (AvgIpc) is 3.04. The van der Waals surface area contributed by atoms with Crippen molar-refractivity contribution in [1.82, 2.24) is 15.5 Å². The maximum atomic E-state index is 4.70. The summed E-state index contributed by atoms with van der Waals surface area (Å²) in [5, 5.41) is 6.82. The predicted molar refractivity (Wildman–Crippen MR) is 79.1 cm³/mol. The molecular formula is C14H30N4. The number of guanidine groups is 1. The Kier molecular flexibility index (Phi) is 6.47. The molecule has 1 fully saturated rings. The fourth-order valence-electron chi connectivity index (χ4n) is 2.20. The predicted octanol–water partition coefficient (Wildman–Crippen LogP) is 1.68. The van der Waals surface area contributed by atoms with E-state index in [2.05, 4.69) is 50.2 Å². The van der Waals surface area contributed by atoms with Gasteiger partial charge in [0.1, 0.15) is 0 Å². The summed E-state index contributed by atoms with van der Waals surface area (Å²) in [4.78, 5) is 7.13. The van der Waals surface area contributed by atoms with E-state index in [1.807, 2.05) is 0 Å². The number of hydrogen-bond donors (Lipinski definition) is 2. The van der Waals surface area contributed by atoms with Crippen molar-refractivity contribution in [1.29, 1.82) is 0 Å². The number of rotatable bonds is 7. The van der Waals surface area contributed by atoms with Crippen molar-refractivity contribution in [2.45, 2.75) is 53.1 Å². The lowest BCUT2D eigenvalue weighted by Gasteiger charge is -2.25. The molecule has 0 heterocycles. The standard InChI is InChI=1S/C14H30N4/c1-6-15-14(17-13-9-11(13)4)16-10-12(5)18(7-2)8-3/h11-13H,6-10H2,1-5H3,(H2,15,16,17). The average molecular weight is 254 g/mol. The van der Waals surface area contributed by atoms with Gasteiger partial charge in [0.25, 0.3) is 0 Å². The zero-order valence-corrected chi connectivity index (χ0v) is 12.7.